The van der Waals surface area contributed by atoms with E-state index in [1.54, 1.807) is 30.2 Å². The van der Waals surface area contributed by atoms with E-state index in [2.05, 4.69) is 10.3 Å². The van der Waals surface area contributed by atoms with E-state index in [1.807, 2.05) is 31.2 Å². The SMILES string of the molecule is COc1ccc2[nH]c3c(c2c1)CC1(C)C(=O)N(CCNC2CC2)C(=O)N1C3c1cccc(O)c1. The van der Waals surface area contributed by atoms with E-state index in [4.69, 9.17) is 4.74 Å². The van der Waals surface area contributed by atoms with Crippen LogP contribution in [0, 0.1) is 0 Å². The van der Waals surface area contributed by atoms with Gasteiger partial charge in [0.2, 0.25) is 0 Å². The number of H-pyrrole nitrogens is 1. The van der Waals surface area contributed by atoms with Crippen molar-refractivity contribution in [1.82, 2.24) is 20.1 Å². The molecule has 3 amide bonds. The number of aromatic amines is 1. The Balaban J connectivity index is 1.49. The lowest BCUT2D eigenvalue weighted by Crippen LogP contribution is -2.53. The number of amides is 3. The van der Waals surface area contributed by atoms with Crippen LogP contribution in [-0.2, 0) is 11.2 Å². The van der Waals surface area contributed by atoms with Crippen LogP contribution >= 0.6 is 0 Å². The number of hydrogen-bond acceptors (Lipinski definition) is 5. The van der Waals surface area contributed by atoms with Crippen LogP contribution in [-0.4, -0.2) is 63.6 Å². The van der Waals surface area contributed by atoms with Crippen LogP contribution in [0.3, 0.4) is 0 Å². The number of nitrogens with one attached hydrogen (secondary N) is 2. The summed E-state index contributed by atoms with van der Waals surface area (Å²) in [5, 5.41) is 14.6. The van der Waals surface area contributed by atoms with E-state index in [0.717, 1.165) is 46.3 Å². The smallest absolute Gasteiger partial charge is 0.328 e. The van der Waals surface area contributed by atoms with Gasteiger partial charge in [0.05, 0.1) is 7.11 Å². The summed E-state index contributed by atoms with van der Waals surface area (Å²) in [6.07, 6.45) is 2.70. The number of methoxy groups -OCH3 is 1. The van der Waals surface area contributed by atoms with E-state index < -0.39 is 11.6 Å². The highest BCUT2D eigenvalue weighted by molar-refractivity contribution is 6.08. The Labute approximate surface area is 197 Å². The molecule has 176 valence electrons. The third kappa shape index (κ3) is 3.09. The summed E-state index contributed by atoms with van der Waals surface area (Å²) in [4.78, 5) is 34.1. The first-order chi connectivity index (χ1) is 16.4. The maximum atomic E-state index is 13.7. The number of phenolic OH excluding ortho intramolecular Hbond substituents is 1. The Kier molecular flexibility index (Phi) is 4.64. The lowest BCUT2D eigenvalue weighted by Gasteiger charge is -2.42. The minimum Gasteiger partial charge on any atom is -0.508 e. The largest absolute Gasteiger partial charge is 0.508 e. The molecule has 2 aromatic carbocycles. The maximum Gasteiger partial charge on any atom is 0.328 e. The van der Waals surface area contributed by atoms with Crippen molar-refractivity contribution in [1.29, 1.82) is 0 Å². The molecule has 2 unspecified atom stereocenters. The second-order valence-electron chi connectivity index (χ2n) is 9.71. The van der Waals surface area contributed by atoms with Gasteiger partial charge in [0.15, 0.2) is 0 Å². The Hall–Kier alpha value is -3.52. The number of ether oxygens (including phenoxy) is 1. The first-order valence-corrected chi connectivity index (χ1v) is 11.8. The van der Waals surface area contributed by atoms with E-state index in [-0.39, 0.29) is 17.7 Å². The molecular weight excluding hydrogens is 432 g/mol. The number of carbonyl (C=O) groups excluding carboxylic acids is 2. The summed E-state index contributed by atoms with van der Waals surface area (Å²) >= 11 is 0. The minimum absolute atomic E-state index is 0.118. The van der Waals surface area contributed by atoms with Crippen LogP contribution in [0.4, 0.5) is 4.79 Å². The van der Waals surface area contributed by atoms with Gasteiger partial charge in [0.1, 0.15) is 23.1 Å². The molecule has 3 heterocycles. The number of carbonyl (C=O) groups is 2. The van der Waals surface area contributed by atoms with Crippen molar-refractivity contribution in [3.63, 3.8) is 0 Å². The standard InChI is InChI=1S/C26H28N4O4/c1-26-14-20-19-13-18(34-2)8-9-21(19)28-22(20)23(15-4-3-5-17(31)12-15)30(26)25(33)29(24(26)32)11-10-27-16-6-7-16/h3-5,8-9,12-13,16,23,27-28,31H,6-7,10-11,14H2,1-2H3. The van der Waals surface area contributed by atoms with Crippen LogP contribution < -0.4 is 10.1 Å². The number of nitrogens with zero attached hydrogens (tertiary/aromatic N) is 2. The molecular formula is C26H28N4O4. The number of imide groups is 1. The molecule has 0 bridgehead atoms. The third-order valence-electron chi connectivity index (χ3n) is 7.41. The van der Waals surface area contributed by atoms with E-state index >= 15 is 0 Å². The van der Waals surface area contributed by atoms with Gasteiger partial charge >= 0.3 is 6.03 Å². The predicted molar refractivity (Wildman–Crippen MR) is 127 cm³/mol. The summed E-state index contributed by atoms with van der Waals surface area (Å²) in [7, 11) is 1.63. The number of phenols is 1. The average molecular weight is 461 g/mol. The normalized spacial score (nSPS) is 24.0. The minimum atomic E-state index is -1.03. The zero-order chi connectivity index (χ0) is 23.6. The van der Waals surface area contributed by atoms with Gasteiger partial charge in [-0.05, 0) is 61.2 Å². The lowest BCUT2D eigenvalue weighted by atomic mass is 9.81. The summed E-state index contributed by atoms with van der Waals surface area (Å²) < 4.78 is 5.45. The molecule has 3 N–H and O–H groups in total. The number of rotatable bonds is 6. The zero-order valence-electron chi connectivity index (χ0n) is 19.3. The summed E-state index contributed by atoms with van der Waals surface area (Å²) in [6, 6.07) is 12.4. The van der Waals surface area contributed by atoms with Crippen LogP contribution in [0.15, 0.2) is 42.5 Å². The van der Waals surface area contributed by atoms with Crippen molar-refractivity contribution in [3.8, 4) is 11.5 Å². The number of aromatic hydroxyl groups is 1. The first kappa shape index (κ1) is 21.0. The maximum absolute atomic E-state index is 13.7. The highest BCUT2D eigenvalue weighted by atomic mass is 16.5. The fourth-order valence-electron chi connectivity index (χ4n) is 5.53. The second kappa shape index (κ2) is 7.50. The van der Waals surface area contributed by atoms with Crippen molar-refractivity contribution >= 4 is 22.8 Å². The number of aromatic nitrogens is 1. The van der Waals surface area contributed by atoms with Gasteiger partial charge < -0.3 is 20.1 Å². The molecule has 8 nitrogen and oxygen atoms in total. The molecule has 1 aromatic heterocycles. The molecule has 3 aromatic rings. The molecule has 3 aliphatic rings. The number of urea groups is 1. The van der Waals surface area contributed by atoms with Gasteiger partial charge in [-0.3, -0.25) is 14.6 Å². The van der Waals surface area contributed by atoms with Crippen molar-refractivity contribution < 1.29 is 19.4 Å². The van der Waals surface area contributed by atoms with Crippen LogP contribution in [0.25, 0.3) is 10.9 Å². The second-order valence-corrected chi connectivity index (χ2v) is 9.71. The lowest BCUT2D eigenvalue weighted by molar-refractivity contribution is -0.133. The third-order valence-corrected chi connectivity index (χ3v) is 7.41. The monoisotopic (exact) mass is 460 g/mol. The quantitative estimate of drug-likeness (QED) is 0.491. The summed E-state index contributed by atoms with van der Waals surface area (Å²) in [5.74, 6) is 0.674. The Morgan fingerprint density at radius 3 is 2.76 bits per heavy atom. The van der Waals surface area contributed by atoms with E-state index in [9.17, 15) is 14.7 Å². The molecule has 0 spiro atoms. The van der Waals surface area contributed by atoms with Crippen LogP contribution in [0.5, 0.6) is 11.5 Å². The molecule has 2 atom stereocenters. The molecule has 6 rings (SSSR count). The molecule has 34 heavy (non-hydrogen) atoms. The fourth-order valence-corrected chi connectivity index (χ4v) is 5.53. The zero-order valence-corrected chi connectivity index (χ0v) is 19.3. The van der Waals surface area contributed by atoms with Gasteiger partial charge in [-0.2, -0.15) is 0 Å². The molecule has 1 saturated heterocycles. The average Bonchev–Trinajstić information content (AvgIpc) is 3.56. The van der Waals surface area contributed by atoms with Gasteiger partial charge in [-0.25, -0.2) is 4.79 Å². The molecule has 2 fully saturated rings. The fraction of sp³-hybridized carbons (Fsp3) is 0.385. The number of hydrogen-bond donors (Lipinski definition) is 3. The predicted octanol–water partition coefficient (Wildman–Crippen LogP) is 3.30. The van der Waals surface area contributed by atoms with Gasteiger partial charge in [0.25, 0.3) is 5.91 Å². The first-order valence-electron chi connectivity index (χ1n) is 11.8. The van der Waals surface area contributed by atoms with Gasteiger partial charge in [0, 0.05) is 42.1 Å². The highest BCUT2D eigenvalue weighted by Gasteiger charge is 2.60. The van der Waals surface area contributed by atoms with E-state index in [0.29, 0.717) is 25.6 Å². The van der Waals surface area contributed by atoms with Crippen LogP contribution in [0.1, 0.15) is 42.6 Å². The topological polar surface area (TPSA) is 97.9 Å². The molecule has 0 radical (unpaired) electrons. The summed E-state index contributed by atoms with van der Waals surface area (Å²) in [5.41, 5.74) is 2.51. The highest BCUT2D eigenvalue weighted by Crippen LogP contribution is 2.49. The Bertz CT molecular complexity index is 1310. The number of benzene rings is 2. The molecule has 2 aliphatic heterocycles. The van der Waals surface area contributed by atoms with Gasteiger partial charge in [-0.1, -0.05) is 12.1 Å². The Morgan fingerprint density at radius 1 is 1.21 bits per heavy atom. The molecule has 1 aliphatic carbocycles. The molecule has 1 saturated carbocycles. The van der Waals surface area contributed by atoms with E-state index in [1.165, 1.54) is 4.90 Å². The Morgan fingerprint density at radius 2 is 2.03 bits per heavy atom. The van der Waals surface area contributed by atoms with Crippen molar-refractivity contribution in [2.75, 3.05) is 20.2 Å². The van der Waals surface area contributed by atoms with Crippen molar-refractivity contribution in [3.05, 3.63) is 59.3 Å². The van der Waals surface area contributed by atoms with Crippen LogP contribution in [0.2, 0.25) is 0 Å². The summed E-state index contributed by atoms with van der Waals surface area (Å²) in [6.45, 7) is 2.79. The van der Waals surface area contributed by atoms with Crippen molar-refractivity contribution in [2.45, 2.75) is 43.8 Å². The number of fused-ring (bicyclic) bond motifs is 4. The van der Waals surface area contributed by atoms with Gasteiger partial charge in [-0.15, -0.1) is 0 Å². The molecule has 8 heteroatoms. The van der Waals surface area contributed by atoms with Crippen molar-refractivity contribution in [2.24, 2.45) is 0 Å².